The molecule has 0 amide bonds. The predicted octanol–water partition coefficient (Wildman–Crippen LogP) is 4.73. The first kappa shape index (κ1) is 20.0. The van der Waals surface area contributed by atoms with Crippen LogP contribution in [-0.2, 0) is 6.54 Å². The molecule has 1 unspecified atom stereocenters. The predicted molar refractivity (Wildman–Crippen MR) is 102 cm³/mol. The van der Waals surface area contributed by atoms with Crippen LogP contribution in [-0.4, -0.2) is 21.3 Å². The molecule has 4 nitrogen and oxygen atoms in total. The topological polar surface area (TPSA) is 39.7 Å². The lowest BCUT2D eigenvalue weighted by atomic mass is 9.82. The summed E-state index contributed by atoms with van der Waals surface area (Å²) in [4.78, 5) is 0. The SMILES string of the molecule is COc1ccc(CNC(c2ccc(F)cc2)C(C)(C)C)c(OC)c1OC. The van der Waals surface area contributed by atoms with Crippen molar-refractivity contribution in [2.45, 2.75) is 33.4 Å². The number of methoxy groups -OCH3 is 3. The Morgan fingerprint density at radius 2 is 1.50 bits per heavy atom. The van der Waals surface area contributed by atoms with Gasteiger partial charge in [0.2, 0.25) is 5.75 Å². The minimum Gasteiger partial charge on any atom is -0.493 e. The summed E-state index contributed by atoms with van der Waals surface area (Å²) in [5.41, 5.74) is 1.95. The van der Waals surface area contributed by atoms with Crippen LogP contribution in [0.15, 0.2) is 36.4 Å². The average molecular weight is 361 g/mol. The Bertz CT molecular complexity index is 723. The van der Waals surface area contributed by atoms with Crippen molar-refractivity contribution in [1.29, 1.82) is 0 Å². The molecule has 0 aliphatic carbocycles. The zero-order valence-electron chi connectivity index (χ0n) is 16.4. The Kier molecular flexibility index (Phi) is 6.48. The van der Waals surface area contributed by atoms with Gasteiger partial charge in [0.1, 0.15) is 5.82 Å². The number of hydrogen-bond donors (Lipinski definition) is 1. The molecular formula is C21H28FNO3. The van der Waals surface area contributed by atoms with Gasteiger partial charge in [0.05, 0.1) is 21.3 Å². The first-order valence-corrected chi connectivity index (χ1v) is 8.58. The van der Waals surface area contributed by atoms with Crippen LogP contribution >= 0.6 is 0 Å². The van der Waals surface area contributed by atoms with Gasteiger partial charge < -0.3 is 19.5 Å². The van der Waals surface area contributed by atoms with Crippen molar-refractivity contribution in [2.75, 3.05) is 21.3 Å². The van der Waals surface area contributed by atoms with Crippen LogP contribution in [0.5, 0.6) is 17.2 Å². The summed E-state index contributed by atoms with van der Waals surface area (Å²) in [6.45, 7) is 7.03. The number of nitrogens with one attached hydrogen (secondary N) is 1. The van der Waals surface area contributed by atoms with Gasteiger partial charge in [-0.05, 0) is 29.2 Å². The van der Waals surface area contributed by atoms with Crippen molar-refractivity contribution in [3.8, 4) is 17.2 Å². The molecule has 0 fully saturated rings. The molecule has 2 rings (SSSR count). The first-order valence-electron chi connectivity index (χ1n) is 8.58. The fourth-order valence-corrected chi connectivity index (χ4v) is 3.09. The lowest BCUT2D eigenvalue weighted by Crippen LogP contribution is -2.32. The van der Waals surface area contributed by atoms with E-state index in [9.17, 15) is 4.39 Å². The highest BCUT2D eigenvalue weighted by Gasteiger charge is 2.26. The van der Waals surface area contributed by atoms with Crippen LogP contribution in [0.1, 0.15) is 37.9 Å². The standard InChI is InChI=1S/C21H28FNO3/c1-21(2,3)20(14-7-10-16(22)11-8-14)23-13-15-9-12-17(24-4)19(26-6)18(15)25-5/h7-12,20,23H,13H2,1-6H3. The summed E-state index contributed by atoms with van der Waals surface area (Å²) in [5, 5.41) is 3.58. The molecule has 1 atom stereocenters. The summed E-state index contributed by atoms with van der Waals surface area (Å²) >= 11 is 0. The summed E-state index contributed by atoms with van der Waals surface area (Å²) in [6, 6.07) is 10.5. The van der Waals surface area contributed by atoms with Gasteiger partial charge in [-0.3, -0.25) is 0 Å². The highest BCUT2D eigenvalue weighted by atomic mass is 19.1. The van der Waals surface area contributed by atoms with Gasteiger partial charge in [-0.25, -0.2) is 4.39 Å². The molecule has 1 N–H and O–H groups in total. The van der Waals surface area contributed by atoms with Crippen molar-refractivity contribution in [3.63, 3.8) is 0 Å². The monoisotopic (exact) mass is 361 g/mol. The van der Waals surface area contributed by atoms with E-state index < -0.39 is 0 Å². The van der Waals surface area contributed by atoms with Gasteiger partial charge in [0, 0.05) is 18.2 Å². The van der Waals surface area contributed by atoms with Crippen LogP contribution in [0.25, 0.3) is 0 Å². The molecule has 0 aromatic heterocycles. The van der Waals surface area contributed by atoms with Crippen molar-refractivity contribution in [1.82, 2.24) is 5.32 Å². The molecule has 0 saturated carbocycles. The van der Waals surface area contributed by atoms with Crippen LogP contribution in [0, 0.1) is 11.2 Å². The van der Waals surface area contributed by atoms with E-state index in [2.05, 4.69) is 26.1 Å². The normalized spacial score (nSPS) is 12.6. The molecule has 0 bridgehead atoms. The lowest BCUT2D eigenvalue weighted by Gasteiger charge is -2.32. The highest BCUT2D eigenvalue weighted by Crippen LogP contribution is 2.40. The van der Waals surface area contributed by atoms with Gasteiger partial charge in [0.25, 0.3) is 0 Å². The molecular weight excluding hydrogens is 333 g/mol. The molecule has 0 saturated heterocycles. The molecule has 142 valence electrons. The van der Waals surface area contributed by atoms with E-state index >= 15 is 0 Å². The number of ether oxygens (including phenoxy) is 3. The van der Waals surface area contributed by atoms with E-state index in [-0.39, 0.29) is 17.3 Å². The second kappa shape index (κ2) is 8.41. The molecule has 0 spiro atoms. The van der Waals surface area contributed by atoms with E-state index in [1.165, 1.54) is 12.1 Å². The Morgan fingerprint density at radius 3 is 2.00 bits per heavy atom. The quantitative estimate of drug-likeness (QED) is 0.774. The molecule has 0 heterocycles. The van der Waals surface area contributed by atoms with Crippen LogP contribution in [0.2, 0.25) is 0 Å². The third-order valence-electron chi connectivity index (χ3n) is 4.35. The summed E-state index contributed by atoms with van der Waals surface area (Å²) in [5.74, 6) is 1.61. The van der Waals surface area contributed by atoms with Crippen molar-refractivity contribution in [2.24, 2.45) is 5.41 Å². The van der Waals surface area contributed by atoms with Gasteiger partial charge in [-0.15, -0.1) is 0 Å². The highest BCUT2D eigenvalue weighted by molar-refractivity contribution is 5.55. The van der Waals surface area contributed by atoms with Crippen LogP contribution in [0.3, 0.4) is 0 Å². The van der Waals surface area contributed by atoms with Crippen molar-refractivity contribution in [3.05, 3.63) is 53.3 Å². The smallest absolute Gasteiger partial charge is 0.203 e. The maximum atomic E-state index is 13.3. The Balaban J connectivity index is 2.30. The summed E-state index contributed by atoms with van der Waals surface area (Å²) in [6.07, 6.45) is 0. The Labute approximate surface area is 155 Å². The fraction of sp³-hybridized carbons (Fsp3) is 0.429. The minimum absolute atomic E-state index is 0.0425. The molecule has 0 aliphatic heterocycles. The molecule has 2 aromatic carbocycles. The third-order valence-corrected chi connectivity index (χ3v) is 4.35. The zero-order chi connectivity index (χ0) is 19.3. The Hall–Kier alpha value is -2.27. The number of rotatable bonds is 7. The minimum atomic E-state index is -0.233. The molecule has 0 radical (unpaired) electrons. The van der Waals surface area contributed by atoms with E-state index in [1.807, 2.05) is 24.3 Å². The van der Waals surface area contributed by atoms with E-state index in [0.29, 0.717) is 23.8 Å². The van der Waals surface area contributed by atoms with Crippen LogP contribution < -0.4 is 19.5 Å². The average Bonchev–Trinajstić information content (AvgIpc) is 2.61. The molecule has 0 aliphatic rings. The zero-order valence-corrected chi connectivity index (χ0v) is 16.4. The number of benzene rings is 2. The molecule has 26 heavy (non-hydrogen) atoms. The molecule has 2 aromatic rings. The van der Waals surface area contributed by atoms with Gasteiger partial charge >= 0.3 is 0 Å². The third kappa shape index (κ3) is 4.47. The number of hydrogen-bond acceptors (Lipinski definition) is 4. The van der Waals surface area contributed by atoms with E-state index in [1.54, 1.807) is 21.3 Å². The second-order valence-electron chi connectivity index (χ2n) is 7.22. The first-order chi connectivity index (χ1) is 12.3. The molecule has 5 heteroatoms. The summed E-state index contributed by atoms with van der Waals surface area (Å²) in [7, 11) is 4.80. The Morgan fingerprint density at radius 1 is 0.885 bits per heavy atom. The van der Waals surface area contributed by atoms with Gasteiger partial charge in [-0.1, -0.05) is 39.0 Å². The van der Waals surface area contributed by atoms with E-state index in [4.69, 9.17) is 14.2 Å². The second-order valence-corrected chi connectivity index (χ2v) is 7.22. The van der Waals surface area contributed by atoms with Gasteiger partial charge in [0.15, 0.2) is 11.5 Å². The largest absolute Gasteiger partial charge is 0.493 e. The maximum Gasteiger partial charge on any atom is 0.203 e. The van der Waals surface area contributed by atoms with Gasteiger partial charge in [-0.2, -0.15) is 0 Å². The summed E-state index contributed by atoms with van der Waals surface area (Å²) < 4.78 is 29.6. The van der Waals surface area contributed by atoms with Crippen LogP contribution in [0.4, 0.5) is 4.39 Å². The van der Waals surface area contributed by atoms with Crippen molar-refractivity contribution >= 4 is 0 Å². The van der Waals surface area contributed by atoms with E-state index in [0.717, 1.165) is 11.1 Å². The van der Waals surface area contributed by atoms with Crippen molar-refractivity contribution < 1.29 is 18.6 Å². The number of halogens is 1. The fourth-order valence-electron chi connectivity index (χ4n) is 3.09. The maximum absolute atomic E-state index is 13.3. The lowest BCUT2D eigenvalue weighted by molar-refractivity contribution is 0.268.